The quantitative estimate of drug-likeness (QED) is 0.0275. The van der Waals surface area contributed by atoms with Crippen molar-refractivity contribution in [3.05, 3.63) is 35.4 Å². The van der Waals surface area contributed by atoms with Gasteiger partial charge >= 0.3 is 23.9 Å². The van der Waals surface area contributed by atoms with E-state index >= 15 is 0 Å². The molecule has 0 saturated heterocycles. The summed E-state index contributed by atoms with van der Waals surface area (Å²) in [5.41, 5.74) is -1.52. The van der Waals surface area contributed by atoms with Crippen molar-refractivity contribution in [2.75, 3.05) is 26.4 Å². The molecule has 0 aliphatic heterocycles. The van der Waals surface area contributed by atoms with E-state index in [1.54, 1.807) is 27.7 Å². The Balaban J connectivity index is 2.93. The molecule has 0 heterocycles. The van der Waals surface area contributed by atoms with E-state index in [-0.39, 0.29) is 39.3 Å². The third kappa shape index (κ3) is 26.6. The van der Waals surface area contributed by atoms with E-state index in [9.17, 15) is 19.2 Å². The van der Waals surface area contributed by atoms with Crippen molar-refractivity contribution in [1.82, 2.24) is 0 Å². The fourth-order valence-electron chi connectivity index (χ4n) is 9.61. The van der Waals surface area contributed by atoms with Crippen LogP contribution in [0.5, 0.6) is 0 Å². The van der Waals surface area contributed by atoms with Gasteiger partial charge in [0.1, 0.15) is 0 Å². The van der Waals surface area contributed by atoms with Crippen LogP contribution in [0.4, 0.5) is 0 Å². The molecule has 0 atom stereocenters. The van der Waals surface area contributed by atoms with Crippen molar-refractivity contribution in [2.24, 2.45) is 10.8 Å². The van der Waals surface area contributed by atoms with Gasteiger partial charge in [-0.3, -0.25) is 19.2 Å². The molecule has 0 aromatic heterocycles. The zero-order valence-corrected chi connectivity index (χ0v) is 43.9. The van der Waals surface area contributed by atoms with Crippen molar-refractivity contribution < 1.29 is 38.1 Å². The van der Waals surface area contributed by atoms with Crippen LogP contribution in [0.3, 0.4) is 0 Å². The number of unbranched alkanes of at least 4 members (excludes halogenated alkanes) is 30. The normalized spacial score (nSPS) is 11.7. The molecule has 0 saturated carbocycles. The molecule has 0 fully saturated rings. The Morgan fingerprint density at radius 2 is 0.545 bits per heavy atom. The second kappa shape index (κ2) is 41.1. The summed E-state index contributed by atoms with van der Waals surface area (Å²) in [4.78, 5) is 55.6. The molecule has 1 aromatic rings. The fourth-order valence-corrected chi connectivity index (χ4v) is 9.61. The number of hydrogen-bond donors (Lipinski definition) is 0. The summed E-state index contributed by atoms with van der Waals surface area (Å²) in [7, 11) is 0. The van der Waals surface area contributed by atoms with Gasteiger partial charge in [0.25, 0.3) is 0 Å². The largest absolute Gasteiger partial charge is 0.465 e. The summed E-state index contributed by atoms with van der Waals surface area (Å²) < 4.78 is 22.5. The van der Waals surface area contributed by atoms with Crippen LogP contribution in [0.25, 0.3) is 0 Å². The van der Waals surface area contributed by atoms with E-state index < -0.39 is 34.7 Å². The van der Waals surface area contributed by atoms with Crippen LogP contribution < -0.4 is 0 Å². The first kappa shape index (κ1) is 61.1. The van der Waals surface area contributed by atoms with Gasteiger partial charge in [-0.2, -0.15) is 0 Å². The minimum absolute atomic E-state index is 0.0994. The molecule has 0 aliphatic rings. The number of carbonyl (C=O) groups excluding carboxylic acids is 4. The maximum Gasteiger partial charge on any atom is 0.323 e. The summed E-state index contributed by atoms with van der Waals surface area (Å²) in [6.45, 7) is 12.2. The third-order valence-electron chi connectivity index (χ3n) is 13.6. The van der Waals surface area contributed by atoms with E-state index in [1.807, 2.05) is 24.3 Å². The lowest BCUT2D eigenvalue weighted by atomic mass is 9.75. The summed E-state index contributed by atoms with van der Waals surface area (Å²) in [6, 6.07) is 7.59. The first-order valence-electron chi connectivity index (χ1n) is 28.0. The molecule has 1 rings (SSSR count). The zero-order valence-electron chi connectivity index (χ0n) is 43.9. The lowest BCUT2D eigenvalue weighted by Gasteiger charge is -2.31. The lowest BCUT2D eigenvalue weighted by molar-refractivity contribution is -0.174. The van der Waals surface area contributed by atoms with Crippen molar-refractivity contribution in [3.8, 4) is 0 Å². The van der Waals surface area contributed by atoms with E-state index in [2.05, 4.69) is 13.8 Å². The Labute approximate surface area is 406 Å². The second-order valence-corrected chi connectivity index (χ2v) is 19.3. The molecule has 66 heavy (non-hydrogen) atoms. The van der Waals surface area contributed by atoms with Gasteiger partial charge in [0, 0.05) is 0 Å². The molecule has 0 spiro atoms. The minimum atomic E-state index is -1.51. The van der Waals surface area contributed by atoms with Crippen molar-refractivity contribution >= 4 is 23.9 Å². The summed E-state index contributed by atoms with van der Waals surface area (Å²) >= 11 is 0. The number of hydrogen-bond acceptors (Lipinski definition) is 8. The zero-order chi connectivity index (χ0) is 48.4. The molecule has 382 valence electrons. The highest BCUT2D eigenvalue weighted by atomic mass is 16.6. The van der Waals surface area contributed by atoms with Gasteiger partial charge in [0.15, 0.2) is 10.8 Å². The van der Waals surface area contributed by atoms with Gasteiger partial charge in [-0.1, -0.05) is 244 Å². The fraction of sp³-hybridized carbons (Fsp3) is 0.828. The van der Waals surface area contributed by atoms with Gasteiger partial charge in [-0.15, -0.1) is 0 Å². The molecule has 1 aromatic carbocycles. The molecule has 0 radical (unpaired) electrons. The van der Waals surface area contributed by atoms with Crippen molar-refractivity contribution in [2.45, 2.75) is 273 Å². The Bertz CT molecular complexity index is 1220. The minimum Gasteiger partial charge on any atom is -0.465 e. The van der Waals surface area contributed by atoms with Gasteiger partial charge < -0.3 is 18.9 Å². The molecule has 0 N–H and O–H groups in total. The monoisotopic (exact) mass is 927 g/mol. The van der Waals surface area contributed by atoms with Crippen LogP contribution in [0, 0.1) is 10.8 Å². The second-order valence-electron chi connectivity index (χ2n) is 19.3. The maximum absolute atomic E-state index is 13.9. The molecule has 8 nitrogen and oxygen atoms in total. The summed E-state index contributed by atoms with van der Waals surface area (Å²) in [5.74, 6) is -2.26. The molecule has 0 unspecified atom stereocenters. The van der Waals surface area contributed by atoms with Gasteiger partial charge in [0.05, 0.1) is 26.4 Å². The molecular formula is C58H102O8. The topological polar surface area (TPSA) is 105 Å². The van der Waals surface area contributed by atoms with E-state index in [0.717, 1.165) is 49.7 Å². The maximum atomic E-state index is 13.9. The van der Waals surface area contributed by atoms with Crippen LogP contribution in [-0.4, -0.2) is 50.3 Å². The molecule has 0 amide bonds. The molecular weight excluding hydrogens is 825 g/mol. The lowest BCUT2D eigenvalue weighted by Crippen LogP contribution is -2.44. The van der Waals surface area contributed by atoms with E-state index in [4.69, 9.17) is 18.9 Å². The van der Waals surface area contributed by atoms with Gasteiger partial charge in [0.2, 0.25) is 0 Å². The predicted octanol–water partition coefficient (Wildman–Crippen LogP) is 16.3. The molecule has 8 heteroatoms. The van der Waals surface area contributed by atoms with Crippen LogP contribution in [0.15, 0.2) is 24.3 Å². The van der Waals surface area contributed by atoms with Gasteiger partial charge in [-0.25, -0.2) is 0 Å². The summed E-state index contributed by atoms with van der Waals surface area (Å²) in [5, 5.41) is 0. The average molecular weight is 927 g/mol. The first-order valence-corrected chi connectivity index (χ1v) is 28.0. The van der Waals surface area contributed by atoms with Crippen molar-refractivity contribution in [3.63, 3.8) is 0 Å². The standard InChI is InChI=1S/C58H102O8/c1-7-13-15-17-19-21-23-25-27-29-31-33-35-37-39-41-46-57(53(59)63-9-3,54(60)64-10-4)49-51-44-43-45-52(48-51)50-58(55(61)65-11-5,56(62)66-12-6)47-42-40-38-36-34-32-30-28-26-24-22-20-18-16-14-8-2/h43-45,48H,7-42,46-47,49-50H2,1-6H3. The third-order valence-corrected chi connectivity index (χ3v) is 13.6. The van der Waals surface area contributed by atoms with Gasteiger partial charge in [-0.05, 0) is 64.5 Å². The smallest absolute Gasteiger partial charge is 0.323 e. The number of rotatable bonds is 46. The number of carbonyl (C=O) groups is 4. The van der Waals surface area contributed by atoms with Crippen LogP contribution >= 0.6 is 0 Å². The molecule has 0 aliphatic carbocycles. The predicted molar refractivity (Wildman–Crippen MR) is 274 cm³/mol. The number of ether oxygens (including phenoxy) is 4. The van der Waals surface area contributed by atoms with Crippen LogP contribution in [0.1, 0.15) is 271 Å². The highest BCUT2D eigenvalue weighted by Gasteiger charge is 2.50. The highest BCUT2D eigenvalue weighted by Crippen LogP contribution is 2.37. The van der Waals surface area contributed by atoms with Crippen molar-refractivity contribution in [1.29, 1.82) is 0 Å². The van der Waals surface area contributed by atoms with Crippen LogP contribution in [-0.2, 0) is 51.0 Å². The Morgan fingerprint density at radius 3 is 0.758 bits per heavy atom. The van der Waals surface area contributed by atoms with E-state index in [1.165, 1.54) is 154 Å². The number of benzene rings is 1. The number of esters is 4. The Kier molecular flexibility index (Phi) is 38.1. The molecule has 0 bridgehead atoms. The SMILES string of the molecule is CCCCCCCCCCCCCCCCCCC(Cc1cccc(CC(CCCCCCCCCCCCCCCCCC)(C(=O)OCC)C(=O)OCC)c1)(C(=O)OCC)C(=O)OCC. The average Bonchev–Trinajstić information content (AvgIpc) is 3.30. The first-order chi connectivity index (χ1) is 32.2. The Hall–Kier alpha value is -2.90. The van der Waals surface area contributed by atoms with E-state index in [0.29, 0.717) is 25.7 Å². The highest BCUT2D eigenvalue weighted by molar-refractivity contribution is 6.01. The van der Waals surface area contributed by atoms with Crippen LogP contribution in [0.2, 0.25) is 0 Å². The Morgan fingerprint density at radius 1 is 0.333 bits per heavy atom. The summed E-state index contributed by atoms with van der Waals surface area (Å²) in [6.07, 6.45) is 40.5.